The first-order valence-corrected chi connectivity index (χ1v) is 7.80. The molecule has 21 heavy (non-hydrogen) atoms. The molecule has 1 aromatic heterocycles. The minimum atomic E-state index is 0.249. The number of nitrogens with two attached hydrogens (primary N) is 1. The van der Waals surface area contributed by atoms with Crippen molar-refractivity contribution in [2.45, 2.75) is 39.7 Å². The lowest BCUT2D eigenvalue weighted by atomic mass is 10.1. The van der Waals surface area contributed by atoms with Crippen LogP contribution in [0.4, 0.5) is 17.8 Å². The maximum absolute atomic E-state index is 5.86. The molecule has 0 saturated carbocycles. The second-order valence-corrected chi connectivity index (χ2v) is 5.13. The van der Waals surface area contributed by atoms with Crippen LogP contribution in [-0.2, 0) is 4.74 Å². The van der Waals surface area contributed by atoms with Gasteiger partial charge in [-0.05, 0) is 33.6 Å². The van der Waals surface area contributed by atoms with Crippen LogP contribution in [0.2, 0.25) is 0 Å². The van der Waals surface area contributed by atoms with Crippen molar-refractivity contribution in [3.8, 4) is 0 Å². The number of aromatic nitrogens is 3. The van der Waals surface area contributed by atoms with Gasteiger partial charge in [0, 0.05) is 32.8 Å². The van der Waals surface area contributed by atoms with E-state index in [0.717, 1.165) is 45.6 Å². The van der Waals surface area contributed by atoms with Gasteiger partial charge >= 0.3 is 0 Å². The summed E-state index contributed by atoms with van der Waals surface area (Å²) in [6.45, 7) is 10.4. The van der Waals surface area contributed by atoms with Gasteiger partial charge in [0.25, 0.3) is 0 Å². The van der Waals surface area contributed by atoms with Gasteiger partial charge in [-0.2, -0.15) is 15.0 Å². The molecule has 118 valence electrons. The number of nitrogens with zero attached hydrogens (tertiary/aromatic N) is 5. The summed E-state index contributed by atoms with van der Waals surface area (Å²) in [5, 5.41) is 0. The third-order valence-corrected chi connectivity index (χ3v) is 3.74. The van der Waals surface area contributed by atoms with Crippen LogP contribution in [-0.4, -0.2) is 53.8 Å². The Balaban J connectivity index is 2.18. The summed E-state index contributed by atoms with van der Waals surface area (Å²) < 4.78 is 5.73. The van der Waals surface area contributed by atoms with Crippen LogP contribution in [0, 0.1) is 0 Å². The van der Waals surface area contributed by atoms with E-state index in [1.165, 1.54) is 0 Å². The molecule has 1 aliphatic heterocycles. The van der Waals surface area contributed by atoms with Gasteiger partial charge in [0.1, 0.15) is 0 Å². The van der Waals surface area contributed by atoms with Gasteiger partial charge in [0.05, 0.1) is 6.10 Å². The number of ether oxygens (including phenoxy) is 1. The Morgan fingerprint density at radius 2 is 2.00 bits per heavy atom. The van der Waals surface area contributed by atoms with Crippen molar-refractivity contribution >= 4 is 17.8 Å². The highest BCUT2D eigenvalue weighted by molar-refractivity contribution is 5.43. The summed E-state index contributed by atoms with van der Waals surface area (Å²) >= 11 is 0. The van der Waals surface area contributed by atoms with Gasteiger partial charge in [0.2, 0.25) is 17.8 Å². The van der Waals surface area contributed by atoms with E-state index in [1.807, 2.05) is 6.92 Å². The second kappa shape index (κ2) is 7.40. The van der Waals surface area contributed by atoms with Gasteiger partial charge < -0.3 is 20.3 Å². The van der Waals surface area contributed by atoms with Crippen LogP contribution in [0.15, 0.2) is 0 Å². The van der Waals surface area contributed by atoms with Crippen molar-refractivity contribution < 1.29 is 4.74 Å². The molecule has 1 fully saturated rings. The molecule has 0 amide bonds. The van der Waals surface area contributed by atoms with Gasteiger partial charge in [-0.3, -0.25) is 0 Å². The van der Waals surface area contributed by atoms with Gasteiger partial charge in [0.15, 0.2) is 0 Å². The zero-order valence-corrected chi connectivity index (χ0v) is 13.2. The summed E-state index contributed by atoms with van der Waals surface area (Å²) in [7, 11) is 0. The largest absolute Gasteiger partial charge is 0.377 e. The Morgan fingerprint density at radius 1 is 1.24 bits per heavy atom. The van der Waals surface area contributed by atoms with Gasteiger partial charge in [-0.1, -0.05) is 0 Å². The first-order valence-electron chi connectivity index (χ1n) is 7.80. The topological polar surface area (TPSA) is 80.4 Å². The molecule has 0 aromatic carbocycles. The van der Waals surface area contributed by atoms with E-state index < -0.39 is 0 Å². The van der Waals surface area contributed by atoms with E-state index >= 15 is 0 Å². The van der Waals surface area contributed by atoms with Gasteiger partial charge in [-0.15, -0.1) is 0 Å². The number of hydrogen-bond donors (Lipinski definition) is 1. The average molecular weight is 294 g/mol. The van der Waals surface area contributed by atoms with E-state index in [-0.39, 0.29) is 12.1 Å². The van der Waals surface area contributed by atoms with Crippen LogP contribution in [0.25, 0.3) is 0 Å². The van der Waals surface area contributed by atoms with Gasteiger partial charge in [-0.25, -0.2) is 0 Å². The van der Waals surface area contributed by atoms with E-state index in [4.69, 9.17) is 10.5 Å². The molecule has 1 saturated heterocycles. The van der Waals surface area contributed by atoms with Crippen LogP contribution in [0.5, 0.6) is 0 Å². The standard InChI is InChI=1S/C14H26N6O/c1-4-19(5-2)13-16-12(15)17-14(18-13)20-9-7-8-11(10-20)21-6-3/h11H,4-10H2,1-3H3,(H2,15,16,17,18). The molecule has 1 atom stereocenters. The average Bonchev–Trinajstić information content (AvgIpc) is 2.49. The molecule has 0 bridgehead atoms. The van der Waals surface area contributed by atoms with Crippen LogP contribution < -0.4 is 15.5 Å². The summed E-state index contributed by atoms with van der Waals surface area (Å²) in [6, 6.07) is 0. The Bertz CT molecular complexity index is 449. The summed E-state index contributed by atoms with van der Waals surface area (Å²) in [4.78, 5) is 17.4. The number of piperidine rings is 1. The number of nitrogen functional groups attached to an aromatic ring is 1. The molecular formula is C14H26N6O. The molecule has 7 heteroatoms. The Labute approximate surface area is 126 Å². The van der Waals surface area contributed by atoms with E-state index in [9.17, 15) is 0 Å². The maximum Gasteiger partial charge on any atom is 0.232 e. The lowest BCUT2D eigenvalue weighted by Gasteiger charge is -2.33. The molecule has 2 heterocycles. The number of anilines is 3. The maximum atomic E-state index is 5.86. The fourth-order valence-corrected chi connectivity index (χ4v) is 2.65. The molecule has 0 aliphatic carbocycles. The fraction of sp³-hybridized carbons (Fsp3) is 0.786. The molecule has 2 rings (SSSR count). The van der Waals surface area contributed by atoms with E-state index in [0.29, 0.717) is 11.9 Å². The Kier molecular flexibility index (Phi) is 5.55. The minimum absolute atomic E-state index is 0.249. The molecule has 1 aliphatic rings. The lowest BCUT2D eigenvalue weighted by molar-refractivity contribution is 0.0523. The van der Waals surface area contributed by atoms with Crippen LogP contribution >= 0.6 is 0 Å². The predicted molar refractivity (Wildman–Crippen MR) is 84.7 cm³/mol. The Hall–Kier alpha value is -1.63. The summed E-state index contributed by atoms with van der Waals surface area (Å²) in [6.07, 6.45) is 2.42. The molecule has 7 nitrogen and oxygen atoms in total. The molecule has 1 unspecified atom stereocenters. The third-order valence-electron chi connectivity index (χ3n) is 3.74. The van der Waals surface area contributed by atoms with E-state index in [1.54, 1.807) is 0 Å². The molecular weight excluding hydrogens is 268 g/mol. The highest BCUT2D eigenvalue weighted by Crippen LogP contribution is 2.20. The zero-order valence-electron chi connectivity index (χ0n) is 13.2. The van der Waals surface area contributed by atoms with Crippen molar-refractivity contribution in [3.63, 3.8) is 0 Å². The third kappa shape index (κ3) is 3.93. The Morgan fingerprint density at radius 3 is 2.67 bits per heavy atom. The SMILES string of the molecule is CCOC1CCCN(c2nc(N)nc(N(CC)CC)n2)C1. The summed E-state index contributed by atoms with van der Waals surface area (Å²) in [5.41, 5.74) is 5.86. The molecule has 1 aromatic rings. The van der Waals surface area contributed by atoms with E-state index in [2.05, 4.69) is 38.6 Å². The van der Waals surface area contributed by atoms with Crippen molar-refractivity contribution in [2.75, 3.05) is 48.3 Å². The van der Waals surface area contributed by atoms with Crippen molar-refractivity contribution in [2.24, 2.45) is 0 Å². The van der Waals surface area contributed by atoms with Crippen LogP contribution in [0.3, 0.4) is 0 Å². The fourth-order valence-electron chi connectivity index (χ4n) is 2.65. The lowest BCUT2D eigenvalue weighted by Crippen LogP contribution is -2.41. The first kappa shape index (κ1) is 15.8. The quantitative estimate of drug-likeness (QED) is 0.847. The number of hydrogen-bond acceptors (Lipinski definition) is 7. The number of rotatable bonds is 6. The van der Waals surface area contributed by atoms with Crippen LogP contribution in [0.1, 0.15) is 33.6 Å². The minimum Gasteiger partial charge on any atom is -0.377 e. The smallest absolute Gasteiger partial charge is 0.232 e. The van der Waals surface area contributed by atoms with Crippen molar-refractivity contribution in [1.82, 2.24) is 15.0 Å². The zero-order chi connectivity index (χ0) is 15.2. The molecule has 0 spiro atoms. The molecule has 2 N–H and O–H groups in total. The van der Waals surface area contributed by atoms with Crippen molar-refractivity contribution in [1.29, 1.82) is 0 Å². The highest BCUT2D eigenvalue weighted by atomic mass is 16.5. The highest BCUT2D eigenvalue weighted by Gasteiger charge is 2.23. The summed E-state index contributed by atoms with van der Waals surface area (Å²) in [5.74, 6) is 1.59. The normalized spacial score (nSPS) is 18.8. The predicted octanol–water partition coefficient (Wildman–Crippen LogP) is 1.31. The second-order valence-electron chi connectivity index (χ2n) is 5.13. The molecule has 0 radical (unpaired) electrons. The first-order chi connectivity index (χ1) is 10.2. The van der Waals surface area contributed by atoms with Crippen molar-refractivity contribution in [3.05, 3.63) is 0 Å². The monoisotopic (exact) mass is 294 g/mol.